The molecule has 2 aromatic rings. The van der Waals surface area contributed by atoms with Gasteiger partial charge in [-0.05, 0) is 54.1 Å². The molecule has 0 aromatic heterocycles. The van der Waals surface area contributed by atoms with E-state index in [1.807, 2.05) is 17.0 Å². The summed E-state index contributed by atoms with van der Waals surface area (Å²) in [7, 11) is 0. The van der Waals surface area contributed by atoms with E-state index in [4.69, 9.17) is 5.73 Å². The largest absolute Gasteiger partial charge is 0.335 e. The maximum Gasteiger partial charge on any atom is 0.318 e. The van der Waals surface area contributed by atoms with Crippen molar-refractivity contribution in [3.05, 3.63) is 71.0 Å². The Morgan fingerprint density at radius 3 is 2.68 bits per heavy atom. The molecule has 4 nitrogen and oxygen atoms in total. The molecule has 1 heterocycles. The summed E-state index contributed by atoms with van der Waals surface area (Å²) in [6.07, 6.45) is 1.78. The van der Waals surface area contributed by atoms with Crippen LogP contribution in [-0.2, 0) is 6.42 Å². The predicted octanol–water partition coefficient (Wildman–Crippen LogP) is 2.83. The second-order valence-corrected chi connectivity index (χ2v) is 6.88. The predicted molar refractivity (Wildman–Crippen MR) is 94.6 cm³/mol. The second-order valence-electron chi connectivity index (χ2n) is 6.88. The highest BCUT2D eigenvalue weighted by Gasteiger charge is 2.40. The molecule has 3 N–H and O–H groups in total. The first-order chi connectivity index (χ1) is 12.2. The summed E-state index contributed by atoms with van der Waals surface area (Å²) in [4.78, 5) is 14.7. The lowest BCUT2D eigenvalue weighted by Gasteiger charge is -2.37. The van der Waals surface area contributed by atoms with E-state index < -0.39 is 0 Å². The lowest BCUT2D eigenvalue weighted by atomic mass is 9.88. The van der Waals surface area contributed by atoms with Gasteiger partial charge < -0.3 is 16.0 Å². The maximum atomic E-state index is 13.4. The quantitative estimate of drug-likeness (QED) is 0.903. The van der Waals surface area contributed by atoms with Crippen LogP contribution < -0.4 is 11.1 Å². The van der Waals surface area contributed by atoms with Gasteiger partial charge in [0.25, 0.3) is 0 Å². The molecule has 0 bridgehead atoms. The van der Waals surface area contributed by atoms with Crippen molar-refractivity contribution in [2.75, 3.05) is 13.1 Å². The topological polar surface area (TPSA) is 58.4 Å². The number of nitrogens with one attached hydrogen (secondary N) is 1. The van der Waals surface area contributed by atoms with Gasteiger partial charge in [0.05, 0.1) is 6.04 Å². The Bertz CT molecular complexity index is 777. The van der Waals surface area contributed by atoms with Crippen LogP contribution in [0.15, 0.2) is 48.5 Å². The van der Waals surface area contributed by atoms with Crippen LogP contribution in [0.3, 0.4) is 0 Å². The first kappa shape index (κ1) is 16.1. The van der Waals surface area contributed by atoms with E-state index in [2.05, 4.69) is 17.4 Å². The highest BCUT2D eigenvalue weighted by molar-refractivity contribution is 5.76. The number of carbonyl (C=O) groups excluding carboxylic acids is 1. The third-order valence-electron chi connectivity index (χ3n) is 5.26. The van der Waals surface area contributed by atoms with Gasteiger partial charge in [0, 0.05) is 12.6 Å². The molecule has 2 aliphatic rings. The number of amides is 2. The molecule has 1 aliphatic carbocycles. The van der Waals surface area contributed by atoms with Crippen molar-refractivity contribution in [2.24, 2.45) is 11.7 Å². The lowest BCUT2D eigenvalue weighted by Crippen LogP contribution is -2.47. The van der Waals surface area contributed by atoms with E-state index in [1.165, 1.54) is 17.7 Å². The Kier molecular flexibility index (Phi) is 4.17. The van der Waals surface area contributed by atoms with E-state index in [1.54, 1.807) is 12.1 Å². The summed E-state index contributed by atoms with van der Waals surface area (Å²) in [5.74, 6) is 0.123. The molecule has 2 aromatic carbocycles. The molecule has 2 amide bonds. The fraction of sp³-hybridized carbons (Fsp3) is 0.350. The molecule has 3 atom stereocenters. The van der Waals surface area contributed by atoms with Crippen LogP contribution >= 0.6 is 0 Å². The van der Waals surface area contributed by atoms with Crippen molar-refractivity contribution in [1.29, 1.82) is 0 Å². The van der Waals surface area contributed by atoms with Crippen molar-refractivity contribution >= 4 is 6.03 Å². The number of hydrogen-bond acceptors (Lipinski definition) is 2. The molecule has 0 spiro atoms. The highest BCUT2D eigenvalue weighted by Crippen LogP contribution is 2.36. The summed E-state index contributed by atoms with van der Waals surface area (Å²) < 4.78 is 13.4. The first-order valence-corrected chi connectivity index (χ1v) is 8.78. The number of nitrogens with zero attached hydrogens (tertiary/aromatic N) is 1. The number of fused-ring (bicyclic) bond motifs is 1. The van der Waals surface area contributed by atoms with Gasteiger partial charge >= 0.3 is 6.03 Å². The fourth-order valence-electron chi connectivity index (χ4n) is 3.72. The van der Waals surface area contributed by atoms with E-state index >= 15 is 0 Å². The number of urea groups is 1. The van der Waals surface area contributed by atoms with Gasteiger partial charge in [0.15, 0.2) is 0 Å². The van der Waals surface area contributed by atoms with Crippen LogP contribution in [-0.4, -0.2) is 30.1 Å². The van der Waals surface area contributed by atoms with Gasteiger partial charge in [-0.3, -0.25) is 0 Å². The molecule has 0 unspecified atom stereocenters. The minimum Gasteiger partial charge on any atom is -0.335 e. The summed E-state index contributed by atoms with van der Waals surface area (Å²) in [5.41, 5.74) is 8.95. The van der Waals surface area contributed by atoms with Crippen LogP contribution in [0.1, 0.15) is 29.2 Å². The zero-order valence-corrected chi connectivity index (χ0v) is 14.0. The molecular weight excluding hydrogens is 317 g/mol. The van der Waals surface area contributed by atoms with Crippen LogP contribution in [0.25, 0.3) is 0 Å². The molecule has 1 saturated carbocycles. The van der Waals surface area contributed by atoms with Crippen LogP contribution in [0, 0.1) is 11.7 Å². The van der Waals surface area contributed by atoms with Crippen molar-refractivity contribution in [1.82, 2.24) is 10.2 Å². The van der Waals surface area contributed by atoms with Gasteiger partial charge in [-0.15, -0.1) is 0 Å². The van der Waals surface area contributed by atoms with E-state index in [9.17, 15) is 9.18 Å². The number of carbonyl (C=O) groups is 1. The number of rotatable bonds is 3. The highest BCUT2D eigenvalue weighted by atomic mass is 19.1. The summed E-state index contributed by atoms with van der Waals surface area (Å²) >= 11 is 0. The number of hydrogen-bond donors (Lipinski definition) is 2. The molecule has 25 heavy (non-hydrogen) atoms. The molecule has 5 heteroatoms. The van der Waals surface area contributed by atoms with Crippen molar-refractivity contribution < 1.29 is 9.18 Å². The van der Waals surface area contributed by atoms with E-state index in [0.29, 0.717) is 19.0 Å². The third-order valence-corrected chi connectivity index (χ3v) is 5.26. The molecular formula is C20H22FN3O. The Morgan fingerprint density at radius 1 is 1.20 bits per heavy atom. The first-order valence-electron chi connectivity index (χ1n) is 8.78. The fourth-order valence-corrected chi connectivity index (χ4v) is 3.72. The summed E-state index contributed by atoms with van der Waals surface area (Å²) in [6.45, 7) is 1.25. The smallest absolute Gasteiger partial charge is 0.318 e. The van der Waals surface area contributed by atoms with Gasteiger partial charge in [-0.2, -0.15) is 0 Å². The van der Waals surface area contributed by atoms with Crippen molar-refractivity contribution in [2.45, 2.75) is 24.9 Å². The minimum absolute atomic E-state index is 0.0650. The Balaban J connectivity index is 1.65. The van der Waals surface area contributed by atoms with E-state index in [-0.39, 0.29) is 23.9 Å². The van der Waals surface area contributed by atoms with Gasteiger partial charge in [0.2, 0.25) is 0 Å². The zero-order valence-electron chi connectivity index (χ0n) is 14.0. The van der Waals surface area contributed by atoms with Crippen molar-refractivity contribution in [3.63, 3.8) is 0 Å². The standard InChI is InChI=1S/C20H22FN3O/c21-16-7-5-14(6-8-16)19-17-4-2-1-3-13(17)9-10-24(19)20(25)23-18-11-15(18)12-22/h1-8,15,18-19H,9-12,22H2,(H,23,25)/t15-,18-,19-/m0/s1. The average molecular weight is 339 g/mol. The lowest BCUT2D eigenvalue weighted by molar-refractivity contribution is 0.179. The summed E-state index contributed by atoms with van der Waals surface area (Å²) in [6, 6.07) is 14.5. The molecule has 0 radical (unpaired) electrons. The average Bonchev–Trinajstić information content (AvgIpc) is 3.39. The Hall–Kier alpha value is -2.40. The van der Waals surface area contributed by atoms with Crippen LogP contribution in [0.5, 0.6) is 0 Å². The Labute approximate surface area is 146 Å². The number of nitrogens with two attached hydrogens (primary N) is 1. The van der Waals surface area contributed by atoms with Crippen molar-refractivity contribution in [3.8, 4) is 0 Å². The molecule has 1 aliphatic heterocycles. The minimum atomic E-state index is -0.271. The second kappa shape index (κ2) is 6.48. The SMILES string of the molecule is NC[C@@H]1C[C@@H]1NC(=O)N1CCc2ccccc2[C@@H]1c1ccc(F)cc1. The molecule has 0 saturated heterocycles. The number of halogens is 1. The van der Waals surface area contributed by atoms with Gasteiger partial charge in [-0.25, -0.2) is 9.18 Å². The van der Waals surface area contributed by atoms with Gasteiger partial charge in [0.1, 0.15) is 5.82 Å². The molecule has 4 rings (SSSR count). The van der Waals surface area contributed by atoms with Crippen LogP contribution in [0.4, 0.5) is 9.18 Å². The molecule has 1 fully saturated rings. The Morgan fingerprint density at radius 2 is 1.96 bits per heavy atom. The van der Waals surface area contributed by atoms with E-state index in [0.717, 1.165) is 24.0 Å². The molecule has 130 valence electrons. The number of benzene rings is 2. The van der Waals surface area contributed by atoms with Crippen LogP contribution in [0.2, 0.25) is 0 Å². The zero-order chi connectivity index (χ0) is 17.4. The normalized spacial score (nSPS) is 24.6. The summed E-state index contributed by atoms with van der Waals surface area (Å²) in [5, 5.41) is 3.10. The maximum absolute atomic E-state index is 13.4. The third kappa shape index (κ3) is 3.12. The van der Waals surface area contributed by atoms with Gasteiger partial charge in [-0.1, -0.05) is 36.4 Å². The monoisotopic (exact) mass is 339 g/mol.